The minimum atomic E-state index is 0. The smallest absolute Gasteiger partial charge is 0.203 e. The van der Waals surface area contributed by atoms with Gasteiger partial charge in [-0.15, -0.1) is 24.0 Å². The van der Waals surface area contributed by atoms with Crippen molar-refractivity contribution < 1.29 is 14.2 Å². The number of ether oxygens (including phenoxy) is 3. The number of methoxy groups -OCH3 is 3. The summed E-state index contributed by atoms with van der Waals surface area (Å²) in [6, 6.07) is 3.88. The average Bonchev–Trinajstić information content (AvgIpc) is 2.69. The van der Waals surface area contributed by atoms with Crippen molar-refractivity contribution in [2.45, 2.75) is 46.1 Å². The van der Waals surface area contributed by atoms with Crippen molar-refractivity contribution >= 4 is 29.9 Å². The first-order chi connectivity index (χ1) is 12.6. The van der Waals surface area contributed by atoms with Gasteiger partial charge in [-0.25, -0.2) is 0 Å². The fourth-order valence-corrected chi connectivity index (χ4v) is 2.83. The number of halogens is 1. The Kier molecular flexibility index (Phi) is 13.9. The maximum absolute atomic E-state index is 5.40. The molecule has 0 heterocycles. The summed E-state index contributed by atoms with van der Waals surface area (Å²) in [4.78, 5) is 4.32. The standard InChI is InChI=1S/C20H35N3O3.HI/c1-7-9-10-15(8-2)13-22-20(21-3)23-14-16-11-17(24-4)19(26-6)18(12-16)25-5;/h11-12,15H,7-10,13-14H2,1-6H3,(H2,21,22,23);1H. The lowest BCUT2D eigenvalue weighted by Crippen LogP contribution is -2.39. The number of rotatable bonds is 11. The first kappa shape index (κ1) is 25.6. The third kappa shape index (κ3) is 8.45. The molecule has 1 rings (SSSR count). The van der Waals surface area contributed by atoms with Gasteiger partial charge in [0.05, 0.1) is 21.3 Å². The molecule has 1 aromatic rings. The van der Waals surface area contributed by atoms with E-state index >= 15 is 0 Å². The highest BCUT2D eigenvalue weighted by Crippen LogP contribution is 2.38. The number of nitrogens with one attached hydrogen (secondary N) is 2. The van der Waals surface area contributed by atoms with Crippen LogP contribution < -0.4 is 24.8 Å². The molecule has 0 bridgehead atoms. The van der Waals surface area contributed by atoms with Gasteiger partial charge in [0.25, 0.3) is 0 Å². The van der Waals surface area contributed by atoms with Gasteiger partial charge in [0.1, 0.15) is 0 Å². The van der Waals surface area contributed by atoms with E-state index in [1.54, 1.807) is 28.4 Å². The number of aliphatic imine (C=N–C) groups is 1. The van der Waals surface area contributed by atoms with Gasteiger partial charge >= 0.3 is 0 Å². The molecule has 0 aliphatic carbocycles. The molecule has 0 aliphatic heterocycles. The first-order valence-electron chi connectivity index (χ1n) is 9.36. The summed E-state index contributed by atoms with van der Waals surface area (Å²) in [5.74, 6) is 3.38. The normalized spacial score (nSPS) is 12.0. The van der Waals surface area contributed by atoms with Crippen LogP contribution in [0.4, 0.5) is 0 Å². The van der Waals surface area contributed by atoms with Crippen LogP contribution >= 0.6 is 24.0 Å². The van der Waals surface area contributed by atoms with Crippen LogP contribution in [0, 0.1) is 5.92 Å². The molecule has 0 aromatic heterocycles. The number of benzene rings is 1. The van der Waals surface area contributed by atoms with Crippen molar-refractivity contribution in [3.05, 3.63) is 17.7 Å². The lowest BCUT2D eigenvalue weighted by Gasteiger charge is -2.19. The van der Waals surface area contributed by atoms with E-state index in [-0.39, 0.29) is 24.0 Å². The third-order valence-corrected chi connectivity index (χ3v) is 4.51. The zero-order chi connectivity index (χ0) is 19.4. The monoisotopic (exact) mass is 493 g/mol. The zero-order valence-electron chi connectivity index (χ0n) is 17.6. The summed E-state index contributed by atoms with van der Waals surface area (Å²) >= 11 is 0. The minimum Gasteiger partial charge on any atom is -0.493 e. The van der Waals surface area contributed by atoms with E-state index in [4.69, 9.17) is 14.2 Å². The second-order valence-electron chi connectivity index (χ2n) is 6.26. The molecule has 7 heteroatoms. The molecule has 1 aromatic carbocycles. The molecule has 0 saturated heterocycles. The van der Waals surface area contributed by atoms with Crippen LogP contribution in [-0.2, 0) is 6.54 Å². The van der Waals surface area contributed by atoms with Gasteiger partial charge in [-0.1, -0.05) is 33.1 Å². The van der Waals surface area contributed by atoms with Crippen LogP contribution in [0.15, 0.2) is 17.1 Å². The Balaban J connectivity index is 0.00000676. The Hall–Kier alpha value is -1.38. The quantitative estimate of drug-likeness (QED) is 0.275. The Labute approximate surface area is 181 Å². The molecular formula is C20H36IN3O3. The van der Waals surface area contributed by atoms with Crippen LogP contribution in [0.2, 0.25) is 0 Å². The second kappa shape index (κ2) is 14.6. The highest BCUT2D eigenvalue weighted by Gasteiger charge is 2.13. The predicted octanol–water partition coefficient (Wildman–Crippen LogP) is 4.21. The minimum absolute atomic E-state index is 0. The van der Waals surface area contributed by atoms with Gasteiger partial charge in [0.2, 0.25) is 5.75 Å². The maximum atomic E-state index is 5.40. The Morgan fingerprint density at radius 2 is 1.67 bits per heavy atom. The highest BCUT2D eigenvalue weighted by atomic mass is 127. The van der Waals surface area contributed by atoms with Crippen LogP contribution in [0.1, 0.15) is 45.1 Å². The Morgan fingerprint density at radius 3 is 2.11 bits per heavy atom. The van der Waals surface area contributed by atoms with E-state index in [0.717, 1.165) is 18.1 Å². The van der Waals surface area contributed by atoms with Crippen molar-refractivity contribution in [2.24, 2.45) is 10.9 Å². The predicted molar refractivity (Wildman–Crippen MR) is 123 cm³/mol. The van der Waals surface area contributed by atoms with Crippen molar-refractivity contribution in [3.63, 3.8) is 0 Å². The summed E-state index contributed by atoms with van der Waals surface area (Å²) in [6.07, 6.45) is 4.95. The van der Waals surface area contributed by atoms with Gasteiger partial charge in [0, 0.05) is 20.1 Å². The van der Waals surface area contributed by atoms with Crippen LogP contribution in [0.5, 0.6) is 17.2 Å². The topological polar surface area (TPSA) is 64.1 Å². The van der Waals surface area contributed by atoms with E-state index in [1.807, 2.05) is 12.1 Å². The van der Waals surface area contributed by atoms with Crippen molar-refractivity contribution in [2.75, 3.05) is 34.9 Å². The molecule has 0 saturated carbocycles. The summed E-state index contributed by atoms with van der Waals surface area (Å²) in [7, 11) is 6.64. The van der Waals surface area contributed by atoms with Crippen molar-refractivity contribution in [1.82, 2.24) is 10.6 Å². The molecular weight excluding hydrogens is 457 g/mol. The third-order valence-electron chi connectivity index (χ3n) is 4.51. The van der Waals surface area contributed by atoms with E-state index in [0.29, 0.717) is 29.7 Å². The van der Waals surface area contributed by atoms with E-state index in [2.05, 4.69) is 29.5 Å². The molecule has 0 spiro atoms. The molecule has 1 unspecified atom stereocenters. The Morgan fingerprint density at radius 1 is 1.04 bits per heavy atom. The van der Waals surface area contributed by atoms with Gasteiger partial charge in [-0.2, -0.15) is 0 Å². The fraction of sp³-hybridized carbons (Fsp3) is 0.650. The fourth-order valence-electron chi connectivity index (χ4n) is 2.83. The molecule has 0 amide bonds. The number of hydrogen-bond donors (Lipinski definition) is 2. The summed E-state index contributed by atoms with van der Waals surface area (Å²) in [5, 5.41) is 6.78. The second-order valence-corrected chi connectivity index (χ2v) is 6.26. The highest BCUT2D eigenvalue weighted by molar-refractivity contribution is 14.0. The van der Waals surface area contributed by atoms with Crippen LogP contribution in [0.25, 0.3) is 0 Å². The summed E-state index contributed by atoms with van der Waals surface area (Å²) in [5.41, 5.74) is 1.03. The first-order valence-corrected chi connectivity index (χ1v) is 9.36. The van der Waals surface area contributed by atoms with E-state index < -0.39 is 0 Å². The van der Waals surface area contributed by atoms with Crippen LogP contribution in [0.3, 0.4) is 0 Å². The maximum Gasteiger partial charge on any atom is 0.203 e. The van der Waals surface area contributed by atoms with Gasteiger partial charge < -0.3 is 24.8 Å². The molecule has 6 nitrogen and oxygen atoms in total. The van der Waals surface area contributed by atoms with Gasteiger partial charge in [0.15, 0.2) is 17.5 Å². The molecule has 156 valence electrons. The zero-order valence-corrected chi connectivity index (χ0v) is 19.9. The number of hydrogen-bond acceptors (Lipinski definition) is 4. The number of guanidine groups is 1. The van der Waals surface area contributed by atoms with Crippen molar-refractivity contribution in [1.29, 1.82) is 0 Å². The van der Waals surface area contributed by atoms with Gasteiger partial charge in [-0.3, -0.25) is 4.99 Å². The molecule has 0 radical (unpaired) electrons. The largest absolute Gasteiger partial charge is 0.493 e. The lowest BCUT2D eigenvalue weighted by atomic mass is 9.99. The van der Waals surface area contributed by atoms with E-state index in [1.165, 1.54) is 25.7 Å². The average molecular weight is 493 g/mol. The van der Waals surface area contributed by atoms with Gasteiger partial charge in [-0.05, 0) is 30.0 Å². The number of unbranched alkanes of at least 4 members (excludes halogenated alkanes) is 1. The molecule has 0 aliphatic rings. The Bertz CT molecular complexity index is 542. The lowest BCUT2D eigenvalue weighted by molar-refractivity contribution is 0.323. The molecule has 0 fully saturated rings. The summed E-state index contributed by atoms with van der Waals surface area (Å²) < 4.78 is 16.2. The molecule has 1 atom stereocenters. The van der Waals surface area contributed by atoms with Crippen molar-refractivity contribution in [3.8, 4) is 17.2 Å². The van der Waals surface area contributed by atoms with E-state index in [9.17, 15) is 0 Å². The summed E-state index contributed by atoms with van der Waals surface area (Å²) in [6.45, 7) is 6.03. The molecule has 2 N–H and O–H groups in total. The molecule has 27 heavy (non-hydrogen) atoms. The number of nitrogens with zero attached hydrogens (tertiary/aromatic N) is 1. The van der Waals surface area contributed by atoms with Crippen LogP contribution in [-0.4, -0.2) is 40.9 Å². The SMILES string of the molecule is CCCCC(CC)CNC(=NC)NCc1cc(OC)c(OC)c(OC)c1.I.